The second kappa shape index (κ2) is 11.3. The molecular weight excluding hydrogens is 507 g/mol. The van der Waals surface area contributed by atoms with Crippen LogP contribution < -0.4 is 15.5 Å². The summed E-state index contributed by atoms with van der Waals surface area (Å²) in [5.41, 5.74) is 2.94. The second-order valence-corrected chi connectivity index (χ2v) is 10.8. The molecule has 39 heavy (non-hydrogen) atoms. The van der Waals surface area contributed by atoms with Gasteiger partial charge >= 0.3 is 6.18 Å². The van der Waals surface area contributed by atoms with E-state index in [1.165, 1.54) is 0 Å². The van der Waals surface area contributed by atoms with Gasteiger partial charge in [-0.3, -0.25) is 0 Å². The minimum atomic E-state index is -4.31. The lowest BCUT2D eigenvalue weighted by atomic mass is 9.87. The molecule has 3 aromatic rings. The number of alkyl halides is 3. The Morgan fingerprint density at radius 2 is 1.67 bits per heavy atom. The highest BCUT2D eigenvalue weighted by molar-refractivity contribution is 5.92. The molecule has 1 aromatic carbocycles. The molecule has 0 bridgehead atoms. The maximum atomic E-state index is 14.2. The van der Waals surface area contributed by atoms with Crippen LogP contribution in [0.25, 0.3) is 22.3 Å². The van der Waals surface area contributed by atoms with Crippen LogP contribution >= 0.6 is 0 Å². The van der Waals surface area contributed by atoms with Gasteiger partial charge in [-0.05, 0) is 81.5 Å². The predicted octanol–water partition coefficient (Wildman–Crippen LogP) is 4.27. The Kier molecular flexibility index (Phi) is 7.64. The number of benzene rings is 1. The summed E-state index contributed by atoms with van der Waals surface area (Å²) in [7, 11) is 0. The number of rotatable bonds is 6. The standard InChI is InChI=1S/C28H36F3N7O/c29-28(30,31)25(20-7-11-37(12-8-20)22-5-9-32-10-6-22)35-21-3-1-19(2-4-21)24-17-23-26(36-24)33-18-34-27(23)38-13-15-39-16-14-38/h1-4,17-18,20,22,25,32,35H,5-16H2,(H,33,34,36). The first-order valence-corrected chi connectivity index (χ1v) is 14.0. The number of aromatic nitrogens is 3. The molecule has 2 aromatic heterocycles. The van der Waals surface area contributed by atoms with Gasteiger partial charge in [0.25, 0.3) is 0 Å². The number of fused-ring (bicyclic) bond motifs is 1. The molecule has 0 radical (unpaired) electrons. The number of ether oxygens (including phenoxy) is 1. The van der Waals surface area contributed by atoms with Gasteiger partial charge in [0.05, 0.1) is 18.6 Å². The fraction of sp³-hybridized carbons (Fsp3) is 0.571. The number of H-pyrrole nitrogens is 1. The summed E-state index contributed by atoms with van der Waals surface area (Å²) >= 11 is 0. The van der Waals surface area contributed by atoms with E-state index in [4.69, 9.17) is 4.74 Å². The van der Waals surface area contributed by atoms with Crippen molar-refractivity contribution in [1.29, 1.82) is 0 Å². The maximum Gasteiger partial charge on any atom is 0.408 e. The van der Waals surface area contributed by atoms with E-state index in [0.29, 0.717) is 37.8 Å². The summed E-state index contributed by atoms with van der Waals surface area (Å²) < 4.78 is 48.0. The average molecular weight is 544 g/mol. The zero-order valence-electron chi connectivity index (χ0n) is 22.0. The van der Waals surface area contributed by atoms with Gasteiger partial charge in [0.1, 0.15) is 23.8 Å². The van der Waals surface area contributed by atoms with Crippen molar-refractivity contribution in [2.45, 2.75) is 43.9 Å². The van der Waals surface area contributed by atoms with Crippen molar-refractivity contribution in [1.82, 2.24) is 25.2 Å². The summed E-state index contributed by atoms with van der Waals surface area (Å²) in [6, 6.07) is 8.12. The predicted molar refractivity (Wildman–Crippen MR) is 146 cm³/mol. The fourth-order valence-corrected chi connectivity index (χ4v) is 6.29. The Hall–Kier alpha value is -2.89. The maximum absolute atomic E-state index is 14.2. The monoisotopic (exact) mass is 543 g/mol. The van der Waals surface area contributed by atoms with Crippen LogP contribution in [0.3, 0.4) is 0 Å². The number of aromatic amines is 1. The lowest BCUT2D eigenvalue weighted by molar-refractivity contribution is -0.157. The third kappa shape index (κ3) is 5.85. The van der Waals surface area contributed by atoms with Crippen molar-refractivity contribution in [2.75, 3.05) is 62.7 Å². The van der Waals surface area contributed by atoms with Gasteiger partial charge in [-0.25, -0.2) is 9.97 Å². The highest BCUT2D eigenvalue weighted by Crippen LogP contribution is 2.36. The highest BCUT2D eigenvalue weighted by Gasteiger charge is 2.45. The molecule has 0 spiro atoms. The van der Waals surface area contributed by atoms with Crippen LogP contribution in [0.5, 0.6) is 0 Å². The fourth-order valence-electron chi connectivity index (χ4n) is 6.29. The van der Waals surface area contributed by atoms with E-state index in [9.17, 15) is 13.2 Å². The Morgan fingerprint density at radius 1 is 0.949 bits per heavy atom. The first-order valence-electron chi connectivity index (χ1n) is 14.0. The molecule has 210 valence electrons. The molecule has 5 heterocycles. The molecule has 3 saturated heterocycles. The number of hydrogen-bond donors (Lipinski definition) is 3. The molecule has 6 rings (SSSR count). The summed E-state index contributed by atoms with van der Waals surface area (Å²) in [6.45, 7) is 6.31. The van der Waals surface area contributed by atoms with Crippen molar-refractivity contribution >= 4 is 22.5 Å². The lowest BCUT2D eigenvalue weighted by Crippen LogP contribution is -2.51. The molecule has 1 unspecified atom stereocenters. The molecule has 3 aliphatic rings. The number of nitrogens with one attached hydrogen (secondary N) is 3. The van der Waals surface area contributed by atoms with E-state index in [-0.39, 0.29) is 0 Å². The number of morpholine rings is 1. The second-order valence-electron chi connectivity index (χ2n) is 10.8. The number of likely N-dealkylation sites (tertiary alicyclic amines) is 1. The molecule has 0 saturated carbocycles. The van der Waals surface area contributed by atoms with E-state index >= 15 is 0 Å². The van der Waals surface area contributed by atoms with E-state index in [2.05, 4.69) is 35.4 Å². The highest BCUT2D eigenvalue weighted by atomic mass is 19.4. The van der Waals surface area contributed by atoms with E-state index < -0.39 is 18.1 Å². The van der Waals surface area contributed by atoms with Crippen LogP contribution in [0.4, 0.5) is 24.7 Å². The van der Waals surface area contributed by atoms with Crippen molar-refractivity contribution in [3.8, 4) is 11.3 Å². The molecule has 3 fully saturated rings. The minimum Gasteiger partial charge on any atom is -0.378 e. The minimum absolute atomic E-state index is 0.437. The number of anilines is 2. The molecule has 0 amide bonds. The van der Waals surface area contributed by atoms with Crippen LogP contribution in [0.15, 0.2) is 36.7 Å². The van der Waals surface area contributed by atoms with Crippen LogP contribution in [0.1, 0.15) is 25.7 Å². The average Bonchev–Trinajstić information content (AvgIpc) is 3.41. The van der Waals surface area contributed by atoms with Gasteiger partial charge in [0.2, 0.25) is 0 Å². The van der Waals surface area contributed by atoms with E-state index in [0.717, 1.165) is 80.2 Å². The normalized spacial score (nSPS) is 21.4. The zero-order chi connectivity index (χ0) is 26.8. The zero-order valence-corrected chi connectivity index (χ0v) is 22.0. The topological polar surface area (TPSA) is 81.3 Å². The van der Waals surface area contributed by atoms with E-state index in [1.54, 1.807) is 18.5 Å². The van der Waals surface area contributed by atoms with Crippen LogP contribution in [-0.2, 0) is 4.74 Å². The molecule has 1 atom stereocenters. The summed E-state index contributed by atoms with van der Waals surface area (Å²) in [6.07, 6.45) is 0.507. The number of halogens is 3. The van der Waals surface area contributed by atoms with Gasteiger partial charge in [0.15, 0.2) is 0 Å². The Morgan fingerprint density at radius 3 is 2.36 bits per heavy atom. The van der Waals surface area contributed by atoms with Gasteiger partial charge in [0, 0.05) is 30.5 Å². The number of piperidine rings is 2. The third-order valence-corrected chi connectivity index (χ3v) is 8.46. The van der Waals surface area contributed by atoms with Crippen LogP contribution in [-0.4, -0.2) is 90.6 Å². The van der Waals surface area contributed by atoms with Gasteiger partial charge in [-0.15, -0.1) is 0 Å². The third-order valence-electron chi connectivity index (χ3n) is 8.46. The molecular formula is C28H36F3N7O. The molecule has 3 N–H and O–H groups in total. The summed E-state index contributed by atoms with van der Waals surface area (Å²) in [4.78, 5) is 16.8. The molecule has 8 nitrogen and oxygen atoms in total. The molecule has 11 heteroatoms. The quantitative estimate of drug-likeness (QED) is 0.429. The number of hydrogen-bond acceptors (Lipinski definition) is 7. The number of nitrogens with zero attached hydrogens (tertiary/aromatic N) is 4. The van der Waals surface area contributed by atoms with E-state index in [1.807, 2.05) is 18.2 Å². The van der Waals surface area contributed by atoms with Crippen LogP contribution in [0.2, 0.25) is 0 Å². The molecule has 3 aliphatic heterocycles. The van der Waals surface area contributed by atoms with Gasteiger partial charge in [-0.2, -0.15) is 13.2 Å². The molecule has 0 aliphatic carbocycles. The van der Waals surface area contributed by atoms with Crippen molar-refractivity contribution in [2.24, 2.45) is 5.92 Å². The van der Waals surface area contributed by atoms with Gasteiger partial charge in [-0.1, -0.05) is 12.1 Å². The van der Waals surface area contributed by atoms with Crippen molar-refractivity contribution in [3.05, 3.63) is 36.7 Å². The van der Waals surface area contributed by atoms with Gasteiger partial charge < -0.3 is 30.2 Å². The first-order chi connectivity index (χ1) is 19.0. The Balaban J connectivity index is 1.14. The smallest absolute Gasteiger partial charge is 0.378 e. The SMILES string of the molecule is FC(F)(F)C(Nc1ccc(-c2cc3c(N4CCOCC4)ncnc3[nH]2)cc1)C1CCN(C2CCNCC2)CC1. The Labute approximate surface area is 226 Å². The largest absolute Gasteiger partial charge is 0.408 e. The van der Waals surface area contributed by atoms with Crippen molar-refractivity contribution in [3.63, 3.8) is 0 Å². The summed E-state index contributed by atoms with van der Waals surface area (Å²) in [5.74, 6) is 0.428. The van der Waals surface area contributed by atoms with Crippen LogP contribution in [0, 0.1) is 5.92 Å². The summed E-state index contributed by atoms with van der Waals surface area (Å²) in [5, 5.41) is 7.12. The first kappa shape index (κ1) is 26.3. The Bertz CT molecular complexity index is 1230. The lowest BCUT2D eigenvalue weighted by Gasteiger charge is -2.42. The van der Waals surface area contributed by atoms with Crippen molar-refractivity contribution < 1.29 is 17.9 Å².